The van der Waals surface area contributed by atoms with Gasteiger partial charge in [-0.2, -0.15) is 5.10 Å². The molecule has 2 rings (SSSR count). The van der Waals surface area contributed by atoms with Gasteiger partial charge in [0.1, 0.15) is 5.75 Å². The third-order valence-electron chi connectivity index (χ3n) is 2.69. The summed E-state index contributed by atoms with van der Waals surface area (Å²) in [6.07, 6.45) is 0. The minimum Gasteiger partial charge on any atom is -0.439 e. The van der Waals surface area contributed by atoms with Crippen molar-refractivity contribution in [3.8, 4) is 11.6 Å². The quantitative estimate of drug-likeness (QED) is 0.925. The van der Waals surface area contributed by atoms with Gasteiger partial charge in [0.25, 0.3) is 0 Å². The van der Waals surface area contributed by atoms with E-state index in [4.69, 9.17) is 16.3 Å². The Kier molecular flexibility index (Phi) is 3.89. The highest BCUT2D eigenvalue weighted by atomic mass is 35.5. The van der Waals surface area contributed by atoms with E-state index in [1.807, 2.05) is 26.0 Å². The van der Waals surface area contributed by atoms with Crippen molar-refractivity contribution in [3.05, 3.63) is 40.5 Å². The summed E-state index contributed by atoms with van der Waals surface area (Å²) in [6, 6.07) is 7.19. The number of aliphatic hydroxyl groups excluding tert-OH is 1. The fourth-order valence-electron chi connectivity index (χ4n) is 1.72. The second-order valence-electron chi connectivity index (χ2n) is 3.91. The second-order valence-corrected chi connectivity index (χ2v) is 4.35. The lowest BCUT2D eigenvalue weighted by molar-refractivity contribution is 0.274. The highest BCUT2D eigenvalue weighted by Gasteiger charge is 2.14. The Morgan fingerprint density at radius 1 is 1.44 bits per heavy atom. The molecule has 0 fully saturated rings. The fourth-order valence-corrected chi connectivity index (χ4v) is 1.90. The van der Waals surface area contributed by atoms with Crippen LogP contribution in [-0.4, -0.2) is 14.9 Å². The molecule has 1 aromatic heterocycles. The minimum absolute atomic E-state index is 0.0925. The Morgan fingerprint density at radius 2 is 2.22 bits per heavy atom. The second kappa shape index (κ2) is 5.42. The number of aromatic nitrogens is 2. The number of hydrogen-bond acceptors (Lipinski definition) is 3. The van der Waals surface area contributed by atoms with Gasteiger partial charge in [0.15, 0.2) is 0 Å². The van der Waals surface area contributed by atoms with Crippen LogP contribution in [0.25, 0.3) is 0 Å². The normalized spacial score (nSPS) is 10.7. The van der Waals surface area contributed by atoms with E-state index in [9.17, 15) is 5.11 Å². The molecule has 0 atom stereocenters. The first-order valence-corrected chi connectivity index (χ1v) is 6.14. The summed E-state index contributed by atoms with van der Waals surface area (Å²) in [5.41, 5.74) is 1.48. The molecule has 96 valence electrons. The summed E-state index contributed by atoms with van der Waals surface area (Å²) in [4.78, 5) is 0. The molecule has 1 N–H and O–H groups in total. The molecule has 0 saturated carbocycles. The van der Waals surface area contributed by atoms with Crippen molar-refractivity contribution >= 4 is 11.6 Å². The molecule has 0 aliphatic heterocycles. The van der Waals surface area contributed by atoms with Crippen LogP contribution < -0.4 is 4.74 Å². The number of halogens is 1. The summed E-state index contributed by atoms with van der Waals surface area (Å²) in [7, 11) is 0. The average molecular weight is 267 g/mol. The molecule has 0 unspecified atom stereocenters. The van der Waals surface area contributed by atoms with Crippen LogP contribution in [-0.2, 0) is 13.2 Å². The van der Waals surface area contributed by atoms with E-state index >= 15 is 0 Å². The van der Waals surface area contributed by atoms with E-state index in [1.165, 1.54) is 0 Å². The van der Waals surface area contributed by atoms with E-state index in [-0.39, 0.29) is 6.61 Å². The third kappa shape index (κ3) is 2.49. The Bertz CT molecular complexity index is 552. The largest absolute Gasteiger partial charge is 0.439 e. The van der Waals surface area contributed by atoms with Crippen LogP contribution in [0, 0.1) is 6.92 Å². The summed E-state index contributed by atoms with van der Waals surface area (Å²) < 4.78 is 7.52. The Balaban J connectivity index is 2.36. The van der Waals surface area contributed by atoms with Crippen LogP contribution in [0.4, 0.5) is 0 Å². The SMILES string of the molecule is CCn1nc(CO)c(C)c1Oc1cccc(Cl)c1. The molecular formula is C13H15ClN2O2. The molecule has 1 aromatic carbocycles. The lowest BCUT2D eigenvalue weighted by atomic mass is 10.3. The lowest BCUT2D eigenvalue weighted by Crippen LogP contribution is -2.00. The highest BCUT2D eigenvalue weighted by Crippen LogP contribution is 2.28. The van der Waals surface area contributed by atoms with Crippen LogP contribution in [0.3, 0.4) is 0 Å². The number of ether oxygens (including phenoxy) is 1. The summed E-state index contributed by atoms with van der Waals surface area (Å²) in [5, 5.41) is 14.1. The van der Waals surface area contributed by atoms with E-state index in [2.05, 4.69) is 5.10 Å². The number of hydrogen-bond donors (Lipinski definition) is 1. The van der Waals surface area contributed by atoms with Crippen molar-refractivity contribution in [1.29, 1.82) is 0 Å². The van der Waals surface area contributed by atoms with E-state index in [0.29, 0.717) is 28.9 Å². The van der Waals surface area contributed by atoms with Crippen molar-refractivity contribution in [1.82, 2.24) is 9.78 Å². The molecule has 2 aromatic rings. The van der Waals surface area contributed by atoms with Crippen LogP contribution in [0.2, 0.25) is 5.02 Å². The monoisotopic (exact) mass is 266 g/mol. The van der Waals surface area contributed by atoms with Gasteiger partial charge in [-0.15, -0.1) is 0 Å². The van der Waals surface area contributed by atoms with Gasteiger partial charge in [0, 0.05) is 17.1 Å². The van der Waals surface area contributed by atoms with Crippen LogP contribution in [0.1, 0.15) is 18.2 Å². The molecule has 5 heteroatoms. The number of nitrogens with zero attached hydrogens (tertiary/aromatic N) is 2. The van der Waals surface area contributed by atoms with Crippen molar-refractivity contribution in [2.75, 3.05) is 0 Å². The number of benzene rings is 1. The van der Waals surface area contributed by atoms with Gasteiger partial charge >= 0.3 is 0 Å². The molecule has 4 nitrogen and oxygen atoms in total. The first-order valence-electron chi connectivity index (χ1n) is 5.76. The molecular weight excluding hydrogens is 252 g/mol. The van der Waals surface area contributed by atoms with Crippen LogP contribution in [0.5, 0.6) is 11.6 Å². The van der Waals surface area contributed by atoms with Gasteiger partial charge in [-0.1, -0.05) is 17.7 Å². The van der Waals surface area contributed by atoms with Gasteiger partial charge in [-0.05, 0) is 32.0 Å². The van der Waals surface area contributed by atoms with Gasteiger partial charge < -0.3 is 9.84 Å². The maximum Gasteiger partial charge on any atom is 0.221 e. The van der Waals surface area contributed by atoms with Crippen molar-refractivity contribution in [2.45, 2.75) is 27.0 Å². The van der Waals surface area contributed by atoms with Crippen LogP contribution in [0.15, 0.2) is 24.3 Å². The zero-order chi connectivity index (χ0) is 13.1. The molecule has 0 aliphatic rings. The molecule has 1 heterocycles. The first kappa shape index (κ1) is 12.9. The third-order valence-corrected chi connectivity index (χ3v) is 2.92. The zero-order valence-electron chi connectivity index (χ0n) is 10.4. The maximum atomic E-state index is 9.21. The minimum atomic E-state index is -0.0925. The Hall–Kier alpha value is -1.52. The average Bonchev–Trinajstić information content (AvgIpc) is 2.66. The smallest absolute Gasteiger partial charge is 0.221 e. The molecule has 18 heavy (non-hydrogen) atoms. The number of aryl methyl sites for hydroxylation is 1. The Morgan fingerprint density at radius 3 is 2.83 bits per heavy atom. The maximum absolute atomic E-state index is 9.21. The van der Waals surface area contributed by atoms with Crippen molar-refractivity contribution in [3.63, 3.8) is 0 Å². The van der Waals surface area contributed by atoms with Crippen molar-refractivity contribution < 1.29 is 9.84 Å². The predicted octanol–water partition coefficient (Wildman–Crippen LogP) is 3.15. The van der Waals surface area contributed by atoms with E-state index in [1.54, 1.807) is 16.8 Å². The standard InChI is InChI=1S/C13H15ClN2O2/c1-3-16-13(9(2)12(8-17)15-16)18-11-6-4-5-10(14)7-11/h4-7,17H,3,8H2,1-2H3. The van der Waals surface area contributed by atoms with Gasteiger partial charge in [-0.25, -0.2) is 4.68 Å². The zero-order valence-corrected chi connectivity index (χ0v) is 11.1. The summed E-state index contributed by atoms with van der Waals surface area (Å²) in [6.45, 7) is 4.44. The summed E-state index contributed by atoms with van der Waals surface area (Å²) >= 11 is 5.91. The first-order chi connectivity index (χ1) is 8.65. The van der Waals surface area contributed by atoms with Gasteiger partial charge in [-0.3, -0.25) is 0 Å². The van der Waals surface area contributed by atoms with Gasteiger partial charge in [0.05, 0.1) is 12.3 Å². The number of rotatable bonds is 4. The summed E-state index contributed by atoms with van der Waals surface area (Å²) in [5.74, 6) is 1.30. The number of aliphatic hydroxyl groups is 1. The lowest BCUT2D eigenvalue weighted by Gasteiger charge is -2.08. The molecule has 0 amide bonds. The van der Waals surface area contributed by atoms with E-state index in [0.717, 1.165) is 5.56 Å². The molecule has 0 radical (unpaired) electrons. The highest BCUT2D eigenvalue weighted by molar-refractivity contribution is 6.30. The van der Waals surface area contributed by atoms with E-state index < -0.39 is 0 Å². The van der Waals surface area contributed by atoms with Crippen LogP contribution >= 0.6 is 11.6 Å². The topological polar surface area (TPSA) is 47.3 Å². The molecule has 0 bridgehead atoms. The predicted molar refractivity (Wildman–Crippen MR) is 70.1 cm³/mol. The molecule has 0 spiro atoms. The van der Waals surface area contributed by atoms with Crippen molar-refractivity contribution in [2.24, 2.45) is 0 Å². The molecule has 0 saturated heterocycles. The molecule has 0 aliphatic carbocycles. The Labute approximate surface area is 111 Å². The fraction of sp³-hybridized carbons (Fsp3) is 0.308. The van der Waals surface area contributed by atoms with Gasteiger partial charge in [0.2, 0.25) is 5.88 Å².